The number of benzene rings is 12. The smallest absolute Gasteiger partial charge is 0.198 e. The Hall–Kier alpha value is -17.6. The molecule has 6 aliphatic heterocycles. The van der Waals surface area contributed by atoms with Gasteiger partial charge in [0.15, 0.2) is 93.2 Å². The van der Waals surface area contributed by atoms with E-state index in [1.807, 2.05) is 218 Å². The van der Waals surface area contributed by atoms with E-state index in [1.54, 1.807) is 48.5 Å². The third-order valence-corrected chi connectivity index (χ3v) is 22.7. The summed E-state index contributed by atoms with van der Waals surface area (Å²) in [5, 5.41) is 7.99. The minimum atomic E-state index is -1.97. The van der Waals surface area contributed by atoms with Gasteiger partial charge in [0, 0.05) is 121 Å². The summed E-state index contributed by atoms with van der Waals surface area (Å²) in [6, 6.07) is 86.3. The van der Waals surface area contributed by atoms with Gasteiger partial charge in [-0.15, -0.1) is 0 Å². The molecular weight excluding hydrogens is 1570 g/mol. The van der Waals surface area contributed by atoms with Crippen LogP contribution < -0.4 is 0 Å². The predicted octanol–water partition coefficient (Wildman–Crippen LogP) is 21.2. The lowest BCUT2D eigenvalue weighted by atomic mass is 10.1. The lowest BCUT2D eigenvalue weighted by Gasteiger charge is -2.00. The standard InChI is InChI=1S/C32H14F4N8.2C32H18N8/c33-21-19-20(22(34)24(36)23(21)35)32-43-30-18-12-6-4-10-16(18)28(41-30)39-26-14-8-2-1-7-13(14)25(37-26)38-27-15-9-3-5-11-17(15)29(40-27)42-31(19)44-32;2*1-2-10-18-17(9-1)25-33-26(18)38-28-21-13-5-6-14-22(21)30(35-28)40-32-24-16-8-7-15-23(24)31(36-32)39-29-20-12-4-3-11-19(20)27(34-29)37-25/h1-12H,(H2,37,38,39,40,41,42,43,44);2*1-16H,(H2,33,34,35,36,37,38,39,40). The van der Waals surface area contributed by atoms with E-state index in [4.69, 9.17) is 69.8 Å². The molecule has 124 heavy (non-hydrogen) atoms. The quantitative estimate of drug-likeness (QED) is 0.0467. The van der Waals surface area contributed by atoms with Crippen LogP contribution in [0.1, 0.15) is 0 Å². The third-order valence-electron chi connectivity index (χ3n) is 22.7. The molecule has 0 radical (unpaired) electrons. The molecule has 21 aromatic rings. The Morgan fingerprint density at radius 2 is 0.242 bits per heavy atom. The Kier molecular flexibility index (Phi) is 15.1. The predicted molar refractivity (Wildman–Crippen MR) is 468 cm³/mol. The Morgan fingerprint density at radius 1 is 0.129 bits per heavy atom. The fraction of sp³-hybridized carbons (Fsp3) is 0. The second-order valence-electron chi connectivity index (χ2n) is 29.8. The molecule has 6 N–H and O–H groups in total. The number of fused-ring (bicyclic) bond motifs is 60. The molecule has 0 saturated carbocycles. The number of nitrogens with one attached hydrogen (secondary N) is 6. The van der Waals surface area contributed by atoms with Gasteiger partial charge in [-0.2, -0.15) is 0 Å². The van der Waals surface area contributed by atoms with Crippen molar-refractivity contribution < 1.29 is 17.6 Å². The number of hydrogen-bond acceptors (Lipinski definition) is 18. The molecule has 9 aromatic heterocycles. The fourth-order valence-electron chi connectivity index (χ4n) is 16.9. The van der Waals surface area contributed by atoms with Crippen LogP contribution >= 0.6 is 0 Å². The van der Waals surface area contributed by atoms with Crippen molar-refractivity contribution in [3.63, 3.8) is 0 Å². The van der Waals surface area contributed by atoms with Crippen molar-refractivity contribution in [1.82, 2.24) is 120 Å². The van der Waals surface area contributed by atoms with Crippen LogP contribution in [0, 0.1) is 23.3 Å². The van der Waals surface area contributed by atoms with E-state index in [1.165, 1.54) is 0 Å². The minimum Gasteiger partial charge on any atom is -0.324 e. The molecule has 0 aliphatic carbocycles. The highest BCUT2D eigenvalue weighted by molar-refractivity contribution is 6.11. The van der Waals surface area contributed by atoms with Gasteiger partial charge in [0.25, 0.3) is 0 Å². The van der Waals surface area contributed by atoms with Crippen molar-refractivity contribution in [2.45, 2.75) is 0 Å². The highest BCUT2D eigenvalue weighted by Gasteiger charge is 2.31. The summed E-state index contributed by atoms with van der Waals surface area (Å²) in [5.41, 5.74) is 15.6. The Labute approximate surface area is 692 Å². The molecule has 0 spiro atoms. The summed E-state index contributed by atoms with van der Waals surface area (Å²) in [4.78, 5) is 107. The first kappa shape index (κ1) is 69.5. The van der Waals surface area contributed by atoms with Crippen LogP contribution in [0.5, 0.6) is 0 Å². The fourth-order valence-corrected chi connectivity index (χ4v) is 16.9. The normalized spacial score (nSPS) is 12.0. The monoisotopic (exact) mass is 1610 g/mol. The van der Waals surface area contributed by atoms with Gasteiger partial charge in [0.05, 0.1) is 10.8 Å². The van der Waals surface area contributed by atoms with Gasteiger partial charge in [-0.25, -0.2) is 107 Å². The average Bonchev–Trinajstić information content (AvgIpc) is 1.58. The minimum absolute atomic E-state index is 0.102. The largest absolute Gasteiger partial charge is 0.324 e. The van der Waals surface area contributed by atoms with Gasteiger partial charge in [0.2, 0.25) is 0 Å². The van der Waals surface area contributed by atoms with E-state index in [2.05, 4.69) is 49.8 Å². The molecule has 0 amide bonds. The average molecular weight is 1620 g/mol. The molecule has 12 aromatic carbocycles. The molecule has 6 aliphatic rings. The molecule has 582 valence electrons. The first-order valence-electron chi connectivity index (χ1n) is 39.4. The zero-order valence-electron chi connectivity index (χ0n) is 64.0. The summed E-state index contributed by atoms with van der Waals surface area (Å²) in [6.45, 7) is 0. The van der Waals surface area contributed by atoms with Gasteiger partial charge in [-0.05, 0) is 0 Å². The van der Waals surface area contributed by atoms with Crippen molar-refractivity contribution in [1.29, 1.82) is 0 Å². The highest BCUT2D eigenvalue weighted by atomic mass is 19.2. The van der Waals surface area contributed by atoms with Crippen LogP contribution in [-0.4, -0.2) is 120 Å². The number of halogens is 4. The zero-order chi connectivity index (χ0) is 82.1. The first-order valence-corrected chi connectivity index (χ1v) is 39.4. The maximum atomic E-state index is 15.4. The highest BCUT2D eigenvalue weighted by Crippen LogP contribution is 2.44. The number of rotatable bonds is 0. The van der Waals surface area contributed by atoms with Crippen molar-refractivity contribution >= 4 is 132 Å². The van der Waals surface area contributed by atoms with Crippen molar-refractivity contribution in [2.75, 3.05) is 0 Å². The first-order chi connectivity index (χ1) is 61.1. The molecule has 0 unspecified atom stereocenters. The SMILES string of the molecule is Fc1c(F)c(F)c2c3nc4nc(nc5[nH]c(nc6nc(nc([nH]3)c2c1F)-c1ccccc1-6)c1ccccc51)-c1ccccc1-4.c1ccc2c(c1)-c1nc-2nc2[nH]c(nc3nc(nc4[nH]c(n1)c1ccccc41)-c1ccccc1-3)c1ccccc21.c1ccc2c(c1)-c1nc-2nc2[nH]c(nc3nc(nc4[nH]c(n1)c1ccccc41)-c1ccccc1-3)c1ccccc21. The van der Waals surface area contributed by atoms with E-state index in [-0.39, 0.29) is 22.9 Å². The molecule has 27 rings (SSSR count). The summed E-state index contributed by atoms with van der Waals surface area (Å²) in [6.07, 6.45) is 0. The second-order valence-corrected chi connectivity index (χ2v) is 29.8. The Balaban J connectivity index is 0.000000102. The number of hydrogen-bond donors (Lipinski definition) is 6. The van der Waals surface area contributed by atoms with E-state index in [0.717, 1.165) is 98.4 Å². The Bertz CT molecular complexity index is 7750. The van der Waals surface area contributed by atoms with Crippen LogP contribution in [0.25, 0.3) is 269 Å². The molecule has 28 heteroatoms. The molecule has 24 bridgehead atoms. The van der Waals surface area contributed by atoms with E-state index in [0.29, 0.717) is 137 Å². The van der Waals surface area contributed by atoms with Gasteiger partial charge < -0.3 is 29.9 Å². The summed E-state index contributed by atoms with van der Waals surface area (Å²) >= 11 is 0. The molecule has 15 heterocycles. The zero-order valence-corrected chi connectivity index (χ0v) is 64.0. The lowest BCUT2D eigenvalue weighted by Crippen LogP contribution is -1.97. The van der Waals surface area contributed by atoms with E-state index in [9.17, 15) is 8.78 Å². The van der Waals surface area contributed by atoms with Crippen LogP contribution in [0.4, 0.5) is 17.6 Å². The van der Waals surface area contributed by atoms with Gasteiger partial charge in [-0.1, -0.05) is 267 Å². The van der Waals surface area contributed by atoms with Gasteiger partial charge >= 0.3 is 0 Å². The van der Waals surface area contributed by atoms with Crippen LogP contribution in [0.2, 0.25) is 0 Å². The van der Waals surface area contributed by atoms with E-state index >= 15 is 8.78 Å². The van der Waals surface area contributed by atoms with Crippen LogP contribution in [-0.2, 0) is 0 Å². The maximum absolute atomic E-state index is 15.4. The molecule has 0 fully saturated rings. The summed E-state index contributed by atoms with van der Waals surface area (Å²) in [5.74, 6) is -1.58. The van der Waals surface area contributed by atoms with Crippen LogP contribution in [0.3, 0.4) is 0 Å². The lowest BCUT2D eigenvalue weighted by molar-refractivity contribution is 0.418. The molecule has 0 saturated heterocycles. The number of aromatic nitrogens is 24. The van der Waals surface area contributed by atoms with Gasteiger partial charge in [-0.3, -0.25) is 0 Å². The maximum Gasteiger partial charge on any atom is 0.198 e. The summed E-state index contributed by atoms with van der Waals surface area (Å²) < 4.78 is 59.9. The Morgan fingerprint density at radius 3 is 0.379 bits per heavy atom. The molecule has 24 nitrogen and oxygen atoms in total. The molecular formula is C96H50F4N24. The third kappa shape index (κ3) is 11.0. The second kappa shape index (κ2) is 27.0. The topological polar surface area (TPSA) is 327 Å². The number of nitrogens with zero attached hydrogens (tertiary/aromatic N) is 18. The van der Waals surface area contributed by atoms with Gasteiger partial charge in [0.1, 0.15) is 67.8 Å². The van der Waals surface area contributed by atoms with Crippen LogP contribution in [0.15, 0.2) is 267 Å². The van der Waals surface area contributed by atoms with Crippen molar-refractivity contribution in [3.05, 3.63) is 290 Å². The summed E-state index contributed by atoms with van der Waals surface area (Å²) in [7, 11) is 0. The molecule has 0 atom stereocenters. The van der Waals surface area contributed by atoms with E-state index < -0.39 is 34.0 Å². The van der Waals surface area contributed by atoms with Crippen molar-refractivity contribution in [3.8, 4) is 137 Å². The number of aromatic amines is 6. The van der Waals surface area contributed by atoms with Crippen molar-refractivity contribution in [2.24, 2.45) is 0 Å². The number of H-pyrrole nitrogens is 6.